The molecule has 118 valence electrons. The van der Waals surface area contributed by atoms with Gasteiger partial charge in [-0.15, -0.1) is 0 Å². The van der Waals surface area contributed by atoms with Gasteiger partial charge in [0.2, 0.25) is 0 Å². The summed E-state index contributed by atoms with van der Waals surface area (Å²) in [6.07, 6.45) is 5.25. The van der Waals surface area contributed by atoms with Crippen LogP contribution >= 0.6 is 0 Å². The molecule has 21 heavy (non-hydrogen) atoms. The van der Waals surface area contributed by atoms with Gasteiger partial charge in [0.25, 0.3) is 0 Å². The Morgan fingerprint density at radius 1 is 1.43 bits per heavy atom. The van der Waals surface area contributed by atoms with Gasteiger partial charge in [0.15, 0.2) is 0 Å². The molecular formula is C17H27FN2O. The lowest BCUT2D eigenvalue weighted by molar-refractivity contribution is -0.00131. The third-order valence-electron chi connectivity index (χ3n) is 4.74. The molecule has 1 heterocycles. The van der Waals surface area contributed by atoms with Gasteiger partial charge in [-0.1, -0.05) is 33.6 Å². The molecule has 4 heteroatoms. The van der Waals surface area contributed by atoms with Gasteiger partial charge in [-0.05, 0) is 30.9 Å². The van der Waals surface area contributed by atoms with E-state index in [0.29, 0.717) is 5.92 Å². The smallest absolute Gasteiger partial charge is 0.141 e. The van der Waals surface area contributed by atoms with E-state index in [0.717, 1.165) is 31.5 Å². The fourth-order valence-corrected chi connectivity index (χ4v) is 3.18. The first-order valence-electron chi connectivity index (χ1n) is 7.95. The first-order chi connectivity index (χ1) is 9.92. The fourth-order valence-electron chi connectivity index (χ4n) is 3.18. The van der Waals surface area contributed by atoms with Crippen LogP contribution in [0.25, 0.3) is 0 Å². The highest BCUT2D eigenvalue weighted by Crippen LogP contribution is 2.36. The van der Waals surface area contributed by atoms with Gasteiger partial charge in [0, 0.05) is 12.0 Å². The third-order valence-corrected chi connectivity index (χ3v) is 4.74. The van der Waals surface area contributed by atoms with E-state index in [1.54, 1.807) is 6.07 Å². The zero-order chi connectivity index (χ0) is 15.5. The number of nitrogens with one attached hydrogen (secondary N) is 1. The first kappa shape index (κ1) is 16.4. The molecule has 3 nitrogen and oxygen atoms in total. The van der Waals surface area contributed by atoms with Crippen LogP contribution in [0.2, 0.25) is 0 Å². The number of hydrogen-bond acceptors (Lipinski definition) is 3. The van der Waals surface area contributed by atoms with Crippen molar-refractivity contribution in [2.75, 3.05) is 6.54 Å². The van der Waals surface area contributed by atoms with E-state index in [1.165, 1.54) is 18.7 Å². The van der Waals surface area contributed by atoms with Gasteiger partial charge in [-0.3, -0.25) is 4.98 Å². The monoisotopic (exact) mass is 294 g/mol. The Labute approximate surface area is 127 Å². The second kappa shape index (κ2) is 6.84. The largest absolute Gasteiger partial charge is 0.393 e. The van der Waals surface area contributed by atoms with Gasteiger partial charge in [-0.2, -0.15) is 0 Å². The van der Waals surface area contributed by atoms with E-state index in [4.69, 9.17) is 0 Å². The van der Waals surface area contributed by atoms with Gasteiger partial charge in [0.05, 0.1) is 24.0 Å². The molecule has 1 aromatic rings. The number of aliphatic hydroxyl groups is 1. The third kappa shape index (κ3) is 4.01. The molecule has 0 saturated heterocycles. The van der Waals surface area contributed by atoms with Crippen molar-refractivity contribution in [2.24, 2.45) is 11.3 Å². The van der Waals surface area contributed by atoms with E-state index in [9.17, 15) is 9.50 Å². The Balaban J connectivity index is 2.05. The van der Waals surface area contributed by atoms with Crippen molar-refractivity contribution in [3.63, 3.8) is 0 Å². The lowest BCUT2D eigenvalue weighted by Gasteiger charge is -2.40. The SMILES string of the molecule is CC(C)C(NCC1(C)CCCCC1O)c1ccc(F)cn1. The molecule has 0 amide bonds. The lowest BCUT2D eigenvalue weighted by atomic mass is 9.73. The second-order valence-corrected chi connectivity index (χ2v) is 6.92. The van der Waals surface area contributed by atoms with Crippen LogP contribution in [-0.2, 0) is 0 Å². The molecule has 3 unspecified atom stereocenters. The highest BCUT2D eigenvalue weighted by atomic mass is 19.1. The lowest BCUT2D eigenvalue weighted by Crippen LogP contribution is -2.45. The first-order valence-corrected chi connectivity index (χ1v) is 7.95. The zero-order valence-electron chi connectivity index (χ0n) is 13.3. The molecule has 1 aliphatic rings. The van der Waals surface area contributed by atoms with E-state index in [2.05, 4.69) is 31.1 Å². The molecule has 0 bridgehead atoms. The fraction of sp³-hybridized carbons (Fsp3) is 0.706. The average Bonchev–Trinajstić information content (AvgIpc) is 2.44. The molecule has 0 radical (unpaired) electrons. The van der Waals surface area contributed by atoms with Crippen molar-refractivity contribution < 1.29 is 9.50 Å². The Kier molecular flexibility index (Phi) is 5.33. The summed E-state index contributed by atoms with van der Waals surface area (Å²) in [7, 11) is 0. The van der Waals surface area contributed by atoms with Crippen molar-refractivity contribution in [1.29, 1.82) is 0 Å². The Bertz CT molecular complexity index is 449. The maximum Gasteiger partial charge on any atom is 0.141 e. The van der Waals surface area contributed by atoms with Crippen LogP contribution in [0.15, 0.2) is 18.3 Å². The summed E-state index contributed by atoms with van der Waals surface area (Å²) in [6, 6.07) is 3.28. The van der Waals surface area contributed by atoms with Crippen LogP contribution in [0.5, 0.6) is 0 Å². The summed E-state index contributed by atoms with van der Waals surface area (Å²) in [5, 5.41) is 13.8. The summed E-state index contributed by atoms with van der Waals surface area (Å²) in [4.78, 5) is 4.21. The molecule has 1 saturated carbocycles. The van der Waals surface area contributed by atoms with Crippen LogP contribution in [0, 0.1) is 17.2 Å². The van der Waals surface area contributed by atoms with E-state index in [1.807, 2.05) is 0 Å². The maximum atomic E-state index is 13.0. The number of aliphatic hydroxyl groups excluding tert-OH is 1. The number of hydrogen-bond donors (Lipinski definition) is 2. The summed E-state index contributed by atoms with van der Waals surface area (Å²) in [5.41, 5.74) is 0.783. The standard InChI is InChI=1S/C17H27FN2O/c1-12(2)16(14-8-7-13(18)10-19-14)20-11-17(3)9-5-4-6-15(17)21/h7-8,10,12,15-16,20-21H,4-6,9,11H2,1-3H3. The number of nitrogens with zero attached hydrogens (tertiary/aromatic N) is 1. The number of rotatable bonds is 5. The molecule has 1 fully saturated rings. The number of aromatic nitrogens is 1. The van der Waals surface area contributed by atoms with Crippen molar-refractivity contribution in [3.8, 4) is 0 Å². The summed E-state index contributed by atoms with van der Waals surface area (Å²) >= 11 is 0. The molecule has 1 aliphatic carbocycles. The van der Waals surface area contributed by atoms with Crippen LogP contribution in [0.1, 0.15) is 58.2 Å². The van der Waals surface area contributed by atoms with Crippen LogP contribution in [0.4, 0.5) is 4.39 Å². The predicted octanol–water partition coefficient (Wildman–Crippen LogP) is 3.45. The molecule has 0 aromatic carbocycles. The Hall–Kier alpha value is -1.00. The van der Waals surface area contributed by atoms with Gasteiger partial charge in [-0.25, -0.2) is 4.39 Å². The molecule has 2 N–H and O–H groups in total. The van der Waals surface area contributed by atoms with Gasteiger partial charge in [0.1, 0.15) is 5.82 Å². The highest BCUT2D eigenvalue weighted by Gasteiger charge is 2.36. The zero-order valence-corrected chi connectivity index (χ0v) is 13.3. The highest BCUT2D eigenvalue weighted by molar-refractivity contribution is 5.11. The minimum absolute atomic E-state index is 0.0780. The van der Waals surface area contributed by atoms with E-state index in [-0.39, 0.29) is 23.4 Å². The molecule has 3 atom stereocenters. The van der Waals surface area contributed by atoms with Crippen LogP contribution < -0.4 is 5.32 Å². The van der Waals surface area contributed by atoms with Crippen LogP contribution in [-0.4, -0.2) is 22.7 Å². The van der Waals surface area contributed by atoms with Crippen molar-refractivity contribution in [2.45, 2.75) is 58.6 Å². The summed E-state index contributed by atoms with van der Waals surface area (Å²) in [5.74, 6) is 0.0446. The molecule has 0 aliphatic heterocycles. The van der Waals surface area contributed by atoms with Gasteiger partial charge < -0.3 is 10.4 Å². The van der Waals surface area contributed by atoms with E-state index < -0.39 is 0 Å². The minimum atomic E-state index is -0.309. The van der Waals surface area contributed by atoms with Crippen molar-refractivity contribution in [1.82, 2.24) is 10.3 Å². The van der Waals surface area contributed by atoms with Gasteiger partial charge >= 0.3 is 0 Å². The Morgan fingerprint density at radius 3 is 2.76 bits per heavy atom. The normalized spacial score (nSPS) is 27.8. The topological polar surface area (TPSA) is 45.1 Å². The number of pyridine rings is 1. The van der Waals surface area contributed by atoms with Crippen molar-refractivity contribution >= 4 is 0 Å². The number of halogens is 1. The summed E-state index contributed by atoms with van der Waals surface area (Å²) < 4.78 is 13.0. The quantitative estimate of drug-likeness (QED) is 0.874. The molecule has 2 rings (SSSR count). The molecular weight excluding hydrogens is 267 g/mol. The predicted molar refractivity (Wildman–Crippen MR) is 82.4 cm³/mol. The van der Waals surface area contributed by atoms with Crippen molar-refractivity contribution in [3.05, 3.63) is 29.8 Å². The molecule has 0 spiro atoms. The molecule has 1 aromatic heterocycles. The average molecular weight is 294 g/mol. The minimum Gasteiger partial charge on any atom is -0.393 e. The second-order valence-electron chi connectivity index (χ2n) is 6.92. The van der Waals surface area contributed by atoms with E-state index >= 15 is 0 Å². The van der Waals surface area contributed by atoms with Crippen LogP contribution in [0.3, 0.4) is 0 Å². The Morgan fingerprint density at radius 2 is 2.19 bits per heavy atom. The summed E-state index contributed by atoms with van der Waals surface area (Å²) in [6.45, 7) is 7.17. The maximum absolute atomic E-state index is 13.0.